The van der Waals surface area contributed by atoms with E-state index in [0.29, 0.717) is 40.4 Å². The molecule has 0 radical (unpaired) electrons. The van der Waals surface area contributed by atoms with Gasteiger partial charge in [0.25, 0.3) is 11.8 Å². The maximum Gasteiger partial charge on any atom is 0.335 e. The molecule has 10 nitrogen and oxygen atoms in total. The van der Waals surface area contributed by atoms with Gasteiger partial charge in [-0.3, -0.25) is 19.3 Å². The van der Waals surface area contributed by atoms with Gasteiger partial charge in [0.05, 0.1) is 29.1 Å². The van der Waals surface area contributed by atoms with E-state index in [1.807, 2.05) is 30.3 Å². The molecular weight excluding hydrogens is 522 g/mol. The minimum absolute atomic E-state index is 0.0908. The van der Waals surface area contributed by atoms with Crippen molar-refractivity contribution in [3.05, 3.63) is 95.1 Å². The summed E-state index contributed by atoms with van der Waals surface area (Å²) in [5.41, 5.74) is 4.02. The summed E-state index contributed by atoms with van der Waals surface area (Å²) in [7, 11) is 3.73. The molecule has 2 heterocycles. The Balaban J connectivity index is 1.31. The van der Waals surface area contributed by atoms with Gasteiger partial charge in [0, 0.05) is 56.6 Å². The van der Waals surface area contributed by atoms with Crippen molar-refractivity contribution in [3.8, 4) is 0 Å². The van der Waals surface area contributed by atoms with Crippen molar-refractivity contribution in [2.45, 2.75) is 0 Å². The van der Waals surface area contributed by atoms with Crippen LogP contribution in [0.2, 0.25) is 0 Å². The largest absolute Gasteiger partial charge is 0.478 e. The highest BCUT2D eigenvalue weighted by molar-refractivity contribution is 6.37. The van der Waals surface area contributed by atoms with Crippen LogP contribution in [0.25, 0.3) is 11.3 Å². The van der Waals surface area contributed by atoms with E-state index in [1.54, 1.807) is 37.4 Å². The number of nitrogens with zero attached hydrogens (tertiary/aromatic N) is 3. The molecule has 3 aromatic rings. The van der Waals surface area contributed by atoms with Gasteiger partial charge in [0.15, 0.2) is 0 Å². The topological polar surface area (TPSA) is 114 Å². The first-order valence-electron chi connectivity index (χ1n) is 13.5. The van der Waals surface area contributed by atoms with Gasteiger partial charge in [-0.2, -0.15) is 0 Å². The maximum absolute atomic E-state index is 13.1. The second kappa shape index (κ2) is 12.3. The van der Waals surface area contributed by atoms with E-state index in [1.165, 1.54) is 17.2 Å². The van der Waals surface area contributed by atoms with Crippen molar-refractivity contribution >= 4 is 40.4 Å². The van der Waals surface area contributed by atoms with Crippen LogP contribution in [0.4, 0.5) is 11.4 Å². The van der Waals surface area contributed by atoms with Crippen LogP contribution in [-0.4, -0.2) is 91.2 Å². The number of hydrogen-bond donors (Lipinski definition) is 3. The standard InChI is InChI=1S/C31H33N5O5/c1-34-14-16-36(17-15-34)18-19-41-35(2)30(38)22-8-11-24(12-9-22)32-28(21-6-4-3-5-7-21)27-25-13-10-23(31(39)40)20-26(25)33-29(27)37/h3-13,20,32H,14-19H2,1-2H3,(H,33,37)(H,39,40)/b28-27-. The molecule has 41 heavy (non-hydrogen) atoms. The molecule has 0 unspecified atom stereocenters. The van der Waals surface area contributed by atoms with Crippen LogP contribution in [0.15, 0.2) is 72.8 Å². The van der Waals surface area contributed by atoms with E-state index < -0.39 is 5.97 Å². The second-order valence-electron chi connectivity index (χ2n) is 10.1. The number of fused-ring (bicyclic) bond motifs is 1. The molecule has 1 saturated heterocycles. The fraction of sp³-hybridized carbons (Fsp3) is 0.258. The molecule has 0 atom stereocenters. The summed E-state index contributed by atoms with van der Waals surface area (Å²) in [5, 5.41) is 16.8. The average Bonchev–Trinajstić information content (AvgIpc) is 3.31. The molecule has 5 rings (SSSR count). The number of carboxylic acids is 1. The fourth-order valence-electron chi connectivity index (χ4n) is 4.90. The van der Waals surface area contributed by atoms with E-state index in [4.69, 9.17) is 4.84 Å². The number of amides is 2. The Labute approximate surface area is 238 Å². The summed E-state index contributed by atoms with van der Waals surface area (Å²) in [4.78, 5) is 47.8. The lowest BCUT2D eigenvalue weighted by Crippen LogP contribution is -2.46. The zero-order valence-corrected chi connectivity index (χ0v) is 23.1. The van der Waals surface area contributed by atoms with Crippen LogP contribution in [-0.2, 0) is 9.63 Å². The zero-order valence-electron chi connectivity index (χ0n) is 23.1. The van der Waals surface area contributed by atoms with Crippen molar-refractivity contribution in [2.24, 2.45) is 0 Å². The number of carbonyl (C=O) groups is 3. The van der Waals surface area contributed by atoms with Gasteiger partial charge in [-0.15, -0.1) is 0 Å². The molecule has 0 spiro atoms. The van der Waals surface area contributed by atoms with Gasteiger partial charge in [0.1, 0.15) is 0 Å². The van der Waals surface area contributed by atoms with Gasteiger partial charge in [-0.1, -0.05) is 36.4 Å². The SMILES string of the molecule is CN1CCN(CCON(C)C(=O)c2ccc(N/C(=C3\C(=O)Nc4cc(C(=O)O)ccc43)c3ccccc3)cc2)CC1. The fourth-order valence-corrected chi connectivity index (χ4v) is 4.90. The van der Waals surface area contributed by atoms with Gasteiger partial charge in [-0.05, 0) is 49.0 Å². The Hall–Kier alpha value is -4.51. The quantitative estimate of drug-likeness (QED) is 0.271. The Bertz CT molecular complexity index is 1460. The number of likely N-dealkylation sites (N-methyl/N-ethyl adjacent to an activating group) is 1. The molecule has 3 N–H and O–H groups in total. The third kappa shape index (κ3) is 6.46. The average molecular weight is 556 g/mol. The highest BCUT2D eigenvalue weighted by Crippen LogP contribution is 2.38. The Morgan fingerprint density at radius 2 is 1.63 bits per heavy atom. The number of carboxylic acid groups (broad SMARTS) is 1. The first-order valence-corrected chi connectivity index (χ1v) is 13.5. The number of piperazine rings is 1. The van der Waals surface area contributed by atoms with Crippen molar-refractivity contribution < 1.29 is 24.3 Å². The lowest BCUT2D eigenvalue weighted by Gasteiger charge is -2.32. The first kappa shape index (κ1) is 28.0. The third-order valence-corrected chi connectivity index (χ3v) is 7.30. The molecular formula is C31H33N5O5. The summed E-state index contributed by atoms with van der Waals surface area (Å²) < 4.78 is 0. The third-order valence-electron chi connectivity index (χ3n) is 7.30. The van der Waals surface area contributed by atoms with E-state index >= 15 is 0 Å². The molecule has 2 aliphatic rings. The van der Waals surface area contributed by atoms with Crippen molar-refractivity contribution in [3.63, 3.8) is 0 Å². The number of hydrogen-bond acceptors (Lipinski definition) is 7. The Morgan fingerprint density at radius 1 is 0.951 bits per heavy atom. The summed E-state index contributed by atoms with van der Waals surface area (Å²) in [5.74, 6) is -1.66. The normalized spacial score (nSPS) is 16.6. The van der Waals surface area contributed by atoms with Gasteiger partial charge >= 0.3 is 5.97 Å². The number of anilines is 2. The molecule has 0 aliphatic carbocycles. The molecule has 1 fully saturated rings. The minimum Gasteiger partial charge on any atom is -0.478 e. The summed E-state index contributed by atoms with van der Waals surface area (Å²) >= 11 is 0. The number of aromatic carboxylic acids is 1. The zero-order chi connectivity index (χ0) is 28.9. The van der Waals surface area contributed by atoms with Crippen molar-refractivity contribution in [1.29, 1.82) is 0 Å². The molecule has 10 heteroatoms. The number of hydroxylamine groups is 2. The maximum atomic E-state index is 13.1. The van der Waals surface area contributed by atoms with E-state index in [9.17, 15) is 19.5 Å². The Kier molecular flexibility index (Phi) is 8.44. The van der Waals surface area contributed by atoms with Gasteiger partial charge < -0.3 is 20.6 Å². The van der Waals surface area contributed by atoms with Gasteiger partial charge in [-0.25, -0.2) is 9.86 Å². The minimum atomic E-state index is -1.07. The number of benzene rings is 3. The van der Waals surface area contributed by atoms with Crippen LogP contribution < -0.4 is 10.6 Å². The molecule has 2 aliphatic heterocycles. The van der Waals surface area contributed by atoms with E-state index in [2.05, 4.69) is 27.5 Å². The molecule has 0 bridgehead atoms. The van der Waals surface area contributed by atoms with Crippen LogP contribution in [0, 0.1) is 0 Å². The Morgan fingerprint density at radius 3 is 2.32 bits per heavy atom. The molecule has 0 saturated carbocycles. The van der Waals surface area contributed by atoms with Crippen LogP contribution in [0.1, 0.15) is 31.8 Å². The van der Waals surface area contributed by atoms with Crippen LogP contribution >= 0.6 is 0 Å². The molecule has 2 amide bonds. The lowest BCUT2D eigenvalue weighted by molar-refractivity contribution is -0.111. The van der Waals surface area contributed by atoms with Crippen LogP contribution in [0.3, 0.4) is 0 Å². The molecule has 3 aromatic carbocycles. The number of carbonyl (C=O) groups excluding carboxylic acids is 2. The summed E-state index contributed by atoms with van der Waals surface area (Å²) in [6, 6.07) is 20.9. The molecule has 0 aromatic heterocycles. The van der Waals surface area contributed by atoms with Crippen LogP contribution in [0.5, 0.6) is 0 Å². The highest BCUT2D eigenvalue weighted by atomic mass is 16.7. The predicted molar refractivity (Wildman–Crippen MR) is 157 cm³/mol. The second-order valence-corrected chi connectivity index (χ2v) is 10.1. The van der Waals surface area contributed by atoms with E-state index in [-0.39, 0.29) is 17.4 Å². The summed E-state index contributed by atoms with van der Waals surface area (Å²) in [6.45, 7) is 5.23. The molecule has 212 valence electrons. The number of nitrogens with one attached hydrogen (secondary N) is 2. The van der Waals surface area contributed by atoms with Crippen molar-refractivity contribution in [2.75, 3.05) is 64.1 Å². The monoisotopic (exact) mass is 555 g/mol. The lowest BCUT2D eigenvalue weighted by atomic mass is 9.99. The summed E-state index contributed by atoms with van der Waals surface area (Å²) in [6.07, 6.45) is 0. The highest BCUT2D eigenvalue weighted by Gasteiger charge is 2.29. The number of rotatable bonds is 9. The first-order chi connectivity index (χ1) is 19.8. The smallest absolute Gasteiger partial charge is 0.335 e. The van der Waals surface area contributed by atoms with Crippen molar-refractivity contribution in [1.82, 2.24) is 14.9 Å². The van der Waals surface area contributed by atoms with E-state index in [0.717, 1.165) is 38.3 Å². The van der Waals surface area contributed by atoms with Gasteiger partial charge in [0.2, 0.25) is 0 Å². The predicted octanol–water partition coefficient (Wildman–Crippen LogP) is 3.57.